The maximum atomic E-state index is 10.9. The van der Waals surface area contributed by atoms with E-state index in [1.54, 1.807) is 0 Å². The van der Waals surface area contributed by atoms with Crippen LogP contribution in [0, 0.1) is 0 Å². The SMILES string of the molecule is CCc1ccc(CNC(=O)CS)cc1. The van der Waals surface area contributed by atoms with Crippen molar-refractivity contribution in [3.63, 3.8) is 0 Å². The first kappa shape index (κ1) is 11.1. The summed E-state index contributed by atoms with van der Waals surface area (Å²) < 4.78 is 0. The summed E-state index contributed by atoms with van der Waals surface area (Å²) in [6.07, 6.45) is 1.04. The van der Waals surface area contributed by atoms with Crippen LogP contribution in [0.2, 0.25) is 0 Å². The molecule has 2 nitrogen and oxygen atoms in total. The van der Waals surface area contributed by atoms with Gasteiger partial charge in [0, 0.05) is 6.54 Å². The average molecular weight is 209 g/mol. The highest BCUT2D eigenvalue weighted by Gasteiger charge is 1.97. The first-order valence-electron chi connectivity index (χ1n) is 4.71. The highest BCUT2D eigenvalue weighted by molar-refractivity contribution is 7.81. The van der Waals surface area contributed by atoms with Gasteiger partial charge in [0.1, 0.15) is 0 Å². The fourth-order valence-electron chi connectivity index (χ4n) is 1.15. The minimum atomic E-state index is -0.0344. The summed E-state index contributed by atoms with van der Waals surface area (Å²) in [5.74, 6) is 0.209. The number of benzene rings is 1. The van der Waals surface area contributed by atoms with Gasteiger partial charge in [-0.2, -0.15) is 12.6 Å². The number of thiol groups is 1. The molecule has 0 bridgehead atoms. The molecular weight excluding hydrogens is 194 g/mol. The van der Waals surface area contributed by atoms with E-state index in [0.717, 1.165) is 12.0 Å². The number of carbonyl (C=O) groups excluding carboxylic acids is 1. The van der Waals surface area contributed by atoms with Crippen molar-refractivity contribution in [2.45, 2.75) is 19.9 Å². The zero-order valence-electron chi connectivity index (χ0n) is 8.29. The lowest BCUT2D eigenvalue weighted by atomic mass is 10.1. The maximum absolute atomic E-state index is 10.9. The van der Waals surface area contributed by atoms with Crippen LogP contribution in [0.25, 0.3) is 0 Å². The van der Waals surface area contributed by atoms with E-state index in [2.05, 4.69) is 37.0 Å². The predicted octanol–water partition coefficient (Wildman–Crippen LogP) is 1.79. The number of amides is 1. The molecule has 0 aliphatic heterocycles. The lowest BCUT2D eigenvalue weighted by Gasteiger charge is -2.04. The third-order valence-corrected chi connectivity index (χ3v) is 2.35. The van der Waals surface area contributed by atoms with Crippen LogP contribution in [0.5, 0.6) is 0 Å². The molecule has 0 saturated carbocycles. The molecule has 0 heterocycles. The number of rotatable bonds is 4. The van der Waals surface area contributed by atoms with Crippen molar-refractivity contribution in [3.8, 4) is 0 Å². The second-order valence-electron chi connectivity index (χ2n) is 3.10. The summed E-state index contributed by atoms with van der Waals surface area (Å²) in [6, 6.07) is 8.25. The molecule has 1 rings (SSSR count). The quantitative estimate of drug-likeness (QED) is 0.727. The summed E-state index contributed by atoms with van der Waals surface area (Å²) in [5.41, 5.74) is 2.44. The molecule has 0 aliphatic rings. The highest BCUT2D eigenvalue weighted by Crippen LogP contribution is 2.04. The second-order valence-corrected chi connectivity index (χ2v) is 3.42. The second kappa shape index (κ2) is 5.70. The molecule has 0 aromatic heterocycles. The Kier molecular flexibility index (Phi) is 4.53. The van der Waals surface area contributed by atoms with Crippen molar-refractivity contribution < 1.29 is 4.79 Å². The Balaban J connectivity index is 2.47. The van der Waals surface area contributed by atoms with Gasteiger partial charge in [0.2, 0.25) is 5.91 Å². The largest absolute Gasteiger partial charge is 0.351 e. The Hall–Kier alpha value is -0.960. The zero-order valence-corrected chi connectivity index (χ0v) is 9.18. The topological polar surface area (TPSA) is 29.1 Å². The van der Waals surface area contributed by atoms with Crippen molar-refractivity contribution in [1.82, 2.24) is 5.32 Å². The van der Waals surface area contributed by atoms with Gasteiger partial charge in [0.15, 0.2) is 0 Å². The summed E-state index contributed by atoms with van der Waals surface area (Å²) in [6.45, 7) is 2.71. The molecule has 3 heteroatoms. The number of carbonyl (C=O) groups is 1. The zero-order chi connectivity index (χ0) is 10.4. The van der Waals surface area contributed by atoms with Crippen LogP contribution in [0.3, 0.4) is 0 Å². The van der Waals surface area contributed by atoms with E-state index >= 15 is 0 Å². The van der Waals surface area contributed by atoms with Gasteiger partial charge in [-0.3, -0.25) is 4.79 Å². The van der Waals surface area contributed by atoms with Crippen LogP contribution in [0.1, 0.15) is 18.1 Å². The Morgan fingerprint density at radius 1 is 1.29 bits per heavy atom. The standard InChI is InChI=1S/C11H15NOS/c1-2-9-3-5-10(6-4-9)7-12-11(13)8-14/h3-6,14H,2,7-8H2,1H3,(H,12,13). The normalized spacial score (nSPS) is 9.86. The molecule has 0 radical (unpaired) electrons. The van der Waals surface area contributed by atoms with Gasteiger partial charge in [-0.05, 0) is 17.5 Å². The van der Waals surface area contributed by atoms with E-state index in [1.807, 2.05) is 12.1 Å². The summed E-state index contributed by atoms with van der Waals surface area (Å²) in [4.78, 5) is 10.9. The van der Waals surface area contributed by atoms with E-state index < -0.39 is 0 Å². The molecule has 0 saturated heterocycles. The molecular formula is C11H15NOS. The first-order chi connectivity index (χ1) is 6.76. The monoisotopic (exact) mass is 209 g/mol. The number of hydrogen-bond donors (Lipinski definition) is 2. The van der Waals surface area contributed by atoms with Gasteiger partial charge >= 0.3 is 0 Å². The van der Waals surface area contributed by atoms with Crippen LogP contribution in [-0.2, 0) is 17.8 Å². The molecule has 0 aliphatic carbocycles. The highest BCUT2D eigenvalue weighted by atomic mass is 32.1. The van der Waals surface area contributed by atoms with Crippen LogP contribution in [0.4, 0.5) is 0 Å². The van der Waals surface area contributed by atoms with Crippen molar-refractivity contribution >= 4 is 18.5 Å². The van der Waals surface area contributed by atoms with Crippen LogP contribution >= 0.6 is 12.6 Å². The van der Waals surface area contributed by atoms with Crippen LogP contribution in [-0.4, -0.2) is 11.7 Å². The van der Waals surface area contributed by atoms with Gasteiger partial charge in [-0.1, -0.05) is 31.2 Å². The van der Waals surface area contributed by atoms with Gasteiger partial charge < -0.3 is 5.32 Å². The molecule has 0 atom stereocenters. The van der Waals surface area contributed by atoms with E-state index in [4.69, 9.17) is 0 Å². The third kappa shape index (κ3) is 3.42. The molecule has 76 valence electrons. The van der Waals surface area contributed by atoms with Crippen molar-refractivity contribution in [3.05, 3.63) is 35.4 Å². The summed E-state index contributed by atoms with van der Waals surface area (Å²) in [5, 5.41) is 2.77. The fourth-order valence-corrected chi connectivity index (χ4v) is 1.26. The van der Waals surface area contributed by atoms with Crippen molar-refractivity contribution in [2.24, 2.45) is 0 Å². The fraction of sp³-hybridized carbons (Fsp3) is 0.364. The molecule has 0 spiro atoms. The summed E-state index contributed by atoms with van der Waals surface area (Å²) in [7, 11) is 0. The Morgan fingerprint density at radius 2 is 1.86 bits per heavy atom. The van der Waals surface area contributed by atoms with Gasteiger partial charge in [0.25, 0.3) is 0 Å². The van der Waals surface area contributed by atoms with Gasteiger partial charge in [-0.15, -0.1) is 0 Å². The maximum Gasteiger partial charge on any atom is 0.229 e. The van der Waals surface area contributed by atoms with E-state index in [-0.39, 0.29) is 11.7 Å². The number of hydrogen-bond acceptors (Lipinski definition) is 2. The number of nitrogens with one attached hydrogen (secondary N) is 1. The van der Waals surface area contributed by atoms with Crippen LogP contribution < -0.4 is 5.32 Å². The van der Waals surface area contributed by atoms with Crippen molar-refractivity contribution in [1.29, 1.82) is 0 Å². The third-order valence-electron chi connectivity index (χ3n) is 2.06. The lowest BCUT2D eigenvalue weighted by Crippen LogP contribution is -2.23. The minimum absolute atomic E-state index is 0.0344. The van der Waals surface area contributed by atoms with Gasteiger partial charge in [0.05, 0.1) is 5.75 Å². The van der Waals surface area contributed by atoms with Crippen LogP contribution in [0.15, 0.2) is 24.3 Å². The Labute approximate surface area is 90.1 Å². The van der Waals surface area contributed by atoms with E-state index in [0.29, 0.717) is 6.54 Å². The lowest BCUT2D eigenvalue weighted by molar-refractivity contribution is -0.118. The minimum Gasteiger partial charge on any atom is -0.351 e. The number of aryl methyl sites for hydroxylation is 1. The average Bonchev–Trinajstić information content (AvgIpc) is 2.26. The smallest absolute Gasteiger partial charge is 0.229 e. The molecule has 0 fully saturated rings. The van der Waals surface area contributed by atoms with Crippen molar-refractivity contribution in [2.75, 3.05) is 5.75 Å². The molecule has 1 amide bonds. The molecule has 1 aromatic carbocycles. The van der Waals surface area contributed by atoms with E-state index in [9.17, 15) is 4.79 Å². The first-order valence-corrected chi connectivity index (χ1v) is 5.35. The van der Waals surface area contributed by atoms with E-state index in [1.165, 1.54) is 5.56 Å². The molecule has 14 heavy (non-hydrogen) atoms. The Bertz CT molecular complexity index is 295. The van der Waals surface area contributed by atoms with Gasteiger partial charge in [-0.25, -0.2) is 0 Å². The Morgan fingerprint density at radius 3 is 2.36 bits per heavy atom. The molecule has 1 N–H and O–H groups in total. The predicted molar refractivity (Wildman–Crippen MR) is 61.5 cm³/mol. The molecule has 0 unspecified atom stereocenters. The molecule has 1 aromatic rings. The summed E-state index contributed by atoms with van der Waals surface area (Å²) >= 11 is 3.88.